The average molecular weight is 366 g/mol. The van der Waals surface area contributed by atoms with E-state index in [1.807, 2.05) is 24.3 Å². The maximum absolute atomic E-state index is 6.22. The van der Waals surface area contributed by atoms with Crippen molar-refractivity contribution in [1.29, 1.82) is 0 Å². The van der Waals surface area contributed by atoms with E-state index in [9.17, 15) is 0 Å². The van der Waals surface area contributed by atoms with E-state index < -0.39 is 0 Å². The molecule has 3 aromatic rings. The molecule has 0 saturated heterocycles. The van der Waals surface area contributed by atoms with Crippen LogP contribution in [0.4, 0.5) is 11.8 Å². The first kappa shape index (κ1) is 17.2. The number of nitrogens with zero attached hydrogens (tertiary/aromatic N) is 3. The van der Waals surface area contributed by atoms with Crippen molar-refractivity contribution < 1.29 is 14.2 Å². The molecule has 1 aliphatic heterocycles. The Bertz CT molecular complexity index is 1010. The summed E-state index contributed by atoms with van der Waals surface area (Å²) in [6.45, 7) is 1.51. The van der Waals surface area contributed by atoms with Crippen LogP contribution in [-0.2, 0) is 13.0 Å². The number of hydrogen-bond acceptors (Lipinski definition) is 7. The van der Waals surface area contributed by atoms with Crippen molar-refractivity contribution in [3.05, 3.63) is 41.5 Å². The Morgan fingerprint density at radius 1 is 0.963 bits per heavy atom. The van der Waals surface area contributed by atoms with Crippen LogP contribution in [0.2, 0.25) is 0 Å². The minimum absolute atomic E-state index is 0.424. The SMILES string of the molecule is COc1cc2nc(N3CCc4c(cccc4OC)C3)nc(N)c2cc1OC. The lowest BCUT2D eigenvalue weighted by atomic mass is 9.99. The molecule has 0 spiro atoms. The van der Waals surface area contributed by atoms with Crippen molar-refractivity contribution in [2.24, 2.45) is 0 Å². The van der Waals surface area contributed by atoms with Gasteiger partial charge in [0.1, 0.15) is 11.6 Å². The van der Waals surface area contributed by atoms with E-state index in [-0.39, 0.29) is 0 Å². The smallest absolute Gasteiger partial charge is 0.228 e. The molecule has 1 aromatic heterocycles. The molecule has 2 N–H and O–H groups in total. The fourth-order valence-corrected chi connectivity index (χ4v) is 3.54. The van der Waals surface area contributed by atoms with Crippen LogP contribution in [0.25, 0.3) is 10.9 Å². The van der Waals surface area contributed by atoms with E-state index in [2.05, 4.69) is 16.0 Å². The molecule has 0 unspecified atom stereocenters. The maximum Gasteiger partial charge on any atom is 0.228 e. The second-order valence-corrected chi connectivity index (χ2v) is 6.40. The zero-order chi connectivity index (χ0) is 19.0. The molecular weight excluding hydrogens is 344 g/mol. The van der Waals surface area contributed by atoms with Gasteiger partial charge in [0.05, 0.1) is 26.8 Å². The number of rotatable bonds is 4. The molecule has 140 valence electrons. The molecule has 7 nitrogen and oxygen atoms in total. The van der Waals surface area contributed by atoms with Gasteiger partial charge in [-0.15, -0.1) is 0 Å². The molecule has 4 rings (SSSR count). The molecule has 27 heavy (non-hydrogen) atoms. The monoisotopic (exact) mass is 366 g/mol. The quantitative estimate of drug-likeness (QED) is 0.760. The van der Waals surface area contributed by atoms with Gasteiger partial charge in [-0.1, -0.05) is 12.1 Å². The number of benzene rings is 2. The number of methoxy groups -OCH3 is 3. The van der Waals surface area contributed by atoms with Crippen molar-refractivity contribution in [2.45, 2.75) is 13.0 Å². The lowest BCUT2D eigenvalue weighted by Gasteiger charge is -2.30. The number of anilines is 2. The Kier molecular flexibility index (Phi) is 4.35. The Hall–Kier alpha value is -3.22. The second kappa shape index (κ2) is 6.83. The van der Waals surface area contributed by atoms with Gasteiger partial charge in [0.25, 0.3) is 0 Å². The van der Waals surface area contributed by atoms with Gasteiger partial charge in [-0.2, -0.15) is 4.98 Å². The number of nitrogen functional groups attached to an aromatic ring is 1. The lowest BCUT2D eigenvalue weighted by molar-refractivity contribution is 0.356. The summed E-state index contributed by atoms with van der Waals surface area (Å²) in [6, 6.07) is 9.76. The summed E-state index contributed by atoms with van der Waals surface area (Å²) in [6.07, 6.45) is 0.868. The molecule has 0 radical (unpaired) electrons. The summed E-state index contributed by atoms with van der Waals surface area (Å²) in [5.41, 5.74) is 9.42. The number of hydrogen-bond donors (Lipinski definition) is 1. The predicted molar refractivity (Wildman–Crippen MR) is 105 cm³/mol. The van der Waals surface area contributed by atoms with E-state index in [1.54, 1.807) is 21.3 Å². The maximum atomic E-state index is 6.22. The van der Waals surface area contributed by atoms with Crippen LogP contribution in [0.5, 0.6) is 17.2 Å². The number of fused-ring (bicyclic) bond motifs is 2. The molecule has 2 heterocycles. The van der Waals surface area contributed by atoms with Crippen LogP contribution in [0.15, 0.2) is 30.3 Å². The number of nitrogens with two attached hydrogens (primary N) is 1. The van der Waals surface area contributed by atoms with E-state index in [0.29, 0.717) is 29.8 Å². The molecule has 0 atom stereocenters. The minimum atomic E-state index is 0.424. The predicted octanol–water partition coefficient (Wildman–Crippen LogP) is 2.80. The van der Waals surface area contributed by atoms with Gasteiger partial charge < -0.3 is 24.8 Å². The molecule has 0 bridgehead atoms. The first-order valence-corrected chi connectivity index (χ1v) is 8.73. The lowest BCUT2D eigenvalue weighted by Crippen LogP contribution is -2.32. The third kappa shape index (κ3) is 2.95. The summed E-state index contributed by atoms with van der Waals surface area (Å²) in [5, 5.41) is 0.746. The van der Waals surface area contributed by atoms with E-state index in [4.69, 9.17) is 24.9 Å². The first-order chi connectivity index (χ1) is 13.1. The van der Waals surface area contributed by atoms with Crippen molar-refractivity contribution in [1.82, 2.24) is 9.97 Å². The topological polar surface area (TPSA) is 82.7 Å². The van der Waals surface area contributed by atoms with Gasteiger partial charge in [0.15, 0.2) is 11.5 Å². The highest BCUT2D eigenvalue weighted by atomic mass is 16.5. The van der Waals surface area contributed by atoms with Crippen molar-refractivity contribution in [3.8, 4) is 17.2 Å². The van der Waals surface area contributed by atoms with Gasteiger partial charge in [-0.3, -0.25) is 0 Å². The molecular formula is C20H22N4O3. The zero-order valence-corrected chi connectivity index (χ0v) is 15.7. The largest absolute Gasteiger partial charge is 0.496 e. The minimum Gasteiger partial charge on any atom is -0.496 e. The fourth-order valence-electron chi connectivity index (χ4n) is 3.54. The first-order valence-electron chi connectivity index (χ1n) is 8.73. The summed E-state index contributed by atoms with van der Waals surface area (Å²) in [7, 11) is 4.90. The van der Waals surface area contributed by atoms with E-state index in [1.165, 1.54) is 11.1 Å². The molecule has 1 aliphatic rings. The Labute approximate surface area is 157 Å². The van der Waals surface area contributed by atoms with Crippen LogP contribution in [0.1, 0.15) is 11.1 Å². The third-order valence-electron chi connectivity index (χ3n) is 4.94. The van der Waals surface area contributed by atoms with Gasteiger partial charge in [0, 0.05) is 30.1 Å². The average Bonchev–Trinajstić information content (AvgIpc) is 2.71. The normalized spacial score (nSPS) is 13.4. The van der Waals surface area contributed by atoms with Crippen LogP contribution in [0, 0.1) is 0 Å². The highest BCUT2D eigenvalue weighted by Gasteiger charge is 2.22. The van der Waals surface area contributed by atoms with Gasteiger partial charge >= 0.3 is 0 Å². The summed E-state index contributed by atoms with van der Waals surface area (Å²) in [5.74, 6) is 3.19. The summed E-state index contributed by atoms with van der Waals surface area (Å²) >= 11 is 0. The molecule has 0 amide bonds. The summed E-state index contributed by atoms with van der Waals surface area (Å²) in [4.78, 5) is 11.4. The Morgan fingerprint density at radius 3 is 2.44 bits per heavy atom. The molecule has 0 saturated carbocycles. The van der Waals surface area contributed by atoms with Crippen molar-refractivity contribution in [3.63, 3.8) is 0 Å². The standard InChI is InChI=1S/C20H22N4O3/c1-25-16-6-4-5-12-11-24(8-7-13(12)16)20-22-15-10-18(27-3)17(26-2)9-14(15)19(21)23-20/h4-6,9-10H,7-8,11H2,1-3H3,(H2,21,22,23). The molecule has 2 aromatic carbocycles. The second-order valence-electron chi connectivity index (χ2n) is 6.40. The Balaban J connectivity index is 1.74. The van der Waals surface area contributed by atoms with Crippen LogP contribution in [-0.4, -0.2) is 37.8 Å². The van der Waals surface area contributed by atoms with Crippen molar-refractivity contribution in [2.75, 3.05) is 38.5 Å². The molecule has 0 fully saturated rings. The molecule has 0 aliphatic carbocycles. The highest BCUT2D eigenvalue weighted by Crippen LogP contribution is 2.35. The number of ether oxygens (including phenoxy) is 3. The van der Waals surface area contributed by atoms with Crippen LogP contribution in [0.3, 0.4) is 0 Å². The van der Waals surface area contributed by atoms with Crippen molar-refractivity contribution >= 4 is 22.7 Å². The van der Waals surface area contributed by atoms with Gasteiger partial charge in [0.2, 0.25) is 5.95 Å². The van der Waals surface area contributed by atoms with Crippen LogP contribution >= 0.6 is 0 Å². The number of aromatic nitrogens is 2. The van der Waals surface area contributed by atoms with Gasteiger partial charge in [-0.25, -0.2) is 4.98 Å². The summed E-state index contributed by atoms with van der Waals surface area (Å²) < 4.78 is 16.2. The zero-order valence-electron chi connectivity index (χ0n) is 15.7. The van der Waals surface area contributed by atoms with Gasteiger partial charge in [-0.05, 0) is 24.1 Å². The van der Waals surface area contributed by atoms with Crippen LogP contribution < -0.4 is 24.8 Å². The van der Waals surface area contributed by atoms with E-state index >= 15 is 0 Å². The molecule has 7 heteroatoms. The highest BCUT2D eigenvalue weighted by molar-refractivity contribution is 5.91. The van der Waals surface area contributed by atoms with E-state index in [0.717, 1.165) is 29.6 Å². The fraction of sp³-hybridized carbons (Fsp3) is 0.300. The third-order valence-corrected chi connectivity index (χ3v) is 4.94. The Morgan fingerprint density at radius 2 is 1.70 bits per heavy atom.